The number of anilines is 1. The molecule has 1 saturated heterocycles. The number of fused-ring (bicyclic) bond motifs is 1. The molecule has 3 heterocycles. The number of morpholine rings is 1. The van der Waals surface area contributed by atoms with Crippen molar-refractivity contribution >= 4 is 17.0 Å². The fraction of sp³-hybridized carbons (Fsp3) is 0.643. The first-order valence-electron chi connectivity index (χ1n) is 7.41. The van der Waals surface area contributed by atoms with E-state index in [1.165, 1.54) is 12.8 Å². The summed E-state index contributed by atoms with van der Waals surface area (Å²) in [4.78, 5) is 19.0. The number of imidazole rings is 1. The van der Waals surface area contributed by atoms with E-state index in [9.17, 15) is 0 Å². The first-order valence-corrected chi connectivity index (χ1v) is 7.41. The van der Waals surface area contributed by atoms with Gasteiger partial charge in [-0.3, -0.25) is 0 Å². The highest BCUT2D eigenvalue weighted by molar-refractivity contribution is 5.83. The van der Waals surface area contributed by atoms with Crippen LogP contribution in [0.2, 0.25) is 0 Å². The van der Waals surface area contributed by atoms with Gasteiger partial charge in [0.15, 0.2) is 11.5 Å². The van der Waals surface area contributed by atoms with E-state index in [2.05, 4.69) is 26.8 Å². The standard InChI is InChI=1S/C14H21N5O/c1-2-3-4-5-11-17-13-12(15-10-16-13)14(18-11)19-6-8-20-9-7-19/h10H,2-9H2,1H3,(H,15,16,17,18). The van der Waals surface area contributed by atoms with Gasteiger partial charge in [-0.25, -0.2) is 15.0 Å². The van der Waals surface area contributed by atoms with Crippen LogP contribution in [0.4, 0.5) is 5.82 Å². The van der Waals surface area contributed by atoms with Crippen molar-refractivity contribution in [3.05, 3.63) is 12.2 Å². The van der Waals surface area contributed by atoms with Gasteiger partial charge in [0.1, 0.15) is 11.3 Å². The Kier molecular flexibility index (Phi) is 4.11. The van der Waals surface area contributed by atoms with E-state index >= 15 is 0 Å². The summed E-state index contributed by atoms with van der Waals surface area (Å²) in [6.07, 6.45) is 6.19. The molecule has 0 spiro atoms. The number of aryl methyl sites for hydroxylation is 1. The molecule has 0 bridgehead atoms. The van der Waals surface area contributed by atoms with Gasteiger partial charge in [0.25, 0.3) is 0 Å². The van der Waals surface area contributed by atoms with Crippen LogP contribution in [0.1, 0.15) is 32.0 Å². The fourth-order valence-corrected chi connectivity index (χ4v) is 2.51. The van der Waals surface area contributed by atoms with Gasteiger partial charge in [0.05, 0.1) is 19.5 Å². The van der Waals surface area contributed by atoms with Crippen LogP contribution in [0.3, 0.4) is 0 Å². The van der Waals surface area contributed by atoms with E-state index in [1.807, 2.05) is 0 Å². The molecule has 1 fully saturated rings. The van der Waals surface area contributed by atoms with Gasteiger partial charge in [-0.2, -0.15) is 0 Å². The summed E-state index contributed by atoms with van der Waals surface area (Å²) < 4.78 is 5.41. The Hall–Kier alpha value is -1.69. The summed E-state index contributed by atoms with van der Waals surface area (Å²) in [5.74, 6) is 1.86. The van der Waals surface area contributed by atoms with E-state index < -0.39 is 0 Å². The topological polar surface area (TPSA) is 66.9 Å². The molecule has 1 aliphatic rings. The highest BCUT2D eigenvalue weighted by Crippen LogP contribution is 2.22. The van der Waals surface area contributed by atoms with E-state index in [0.717, 1.165) is 62.0 Å². The average Bonchev–Trinajstić information content (AvgIpc) is 2.96. The zero-order valence-corrected chi connectivity index (χ0v) is 11.9. The minimum absolute atomic E-state index is 0.751. The highest BCUT2D eigenvalue weighted by atomic mass is 16.5. The normalized spacial score (nSPS) is 15.9. The van der Waals surface area contributed by atoms with Crippen molar-refractivity contribution in [2.45, 2.75) is 32.6 Å². The van der Waals surface area contributed by atoms with Crippen LogP contribution in [0.5, 0.6) is 0 Å². The Morgan fingerprint density at radius 2 is 2.10 bits per heavy atom. The molecule has 1 N–H and O–H groups in total. The van der Waals surface area contributed by atoms with Gasteiger partial charge in [0.2, 0.25) is 0 Å². The Morgan fingerprint density at radius 3 is 2.90 bits per heavy atom. The molecule has 2 aromatic heterocycles. The lowest BCUT2D eigenvalue weighted by atomic mass is 10.2. The van der Waals surface area contributed by atoms with Crippen LogP contribution in [-0.4, -0.2) is 46.2 Å². The molecule has 0 amide bonds. The first kappa shape index (κ1) is 13.3. The molecule has 1 aliphatic heterocycles. The van der Waals surface area contributed by atoms with Crippen molar-refractivity contribution in [2.75, 3.05) is 31.2 Å². The van der Waals surface area contributed by atoms with Crippen LogP contribution in [-0.2, 0) is 11.2 Å². The van der Waals surface area contributed by atoms with Crippen molar-refractivity contribution in [2.24, 2.45) is 0 Å². The van der Waals surface area contributed by atoms with Gasteiger partial charge >= 0.3 is 0 Å². The number of hydrogen-bond donors (Lipinski definition) is 1. The minimum atomic E-state index is 0.751. The van der Waals surface area contributed by atoms with Crippen LogP contribution < -0.4 is 4.90 Å². The third-order valence-electron chi connectivity index (χ3n) is 3.62. The van der Waals surface area contributed by atoms with Gasteiger partial charge in [0, 0.05) is 19.5 Å². The van der Waals surface area contributed by atoms with Crippen LogP contribution in [0.25, 0.3) is 11.2 Å². The molecule has 20 heavy (non-hydrogen) atoms. The number of hydrogen-bond acceptors (Lipinski definition) is 5. The molecule has 3 rings (SSSR count). The van der Waals surface area contributed by atoms with Crippen molar-refractivity contribution in [3.63, 3.8) is 0 Å². The Balaban J connectivity index is 1.89. The summed E-state index contributed by atoms with van der Waals surface area (Å²) in [7, 11) is 0. The lowest BCUT2D eigenvalue weighted by molar-refractivity contribution is 0.122. The van der Waals surface area contributed by atoms with Gasteiger partial charge in [-0.15, -0.1) is 0 Å². The number of rotatable bonds is 5. The largest absolute Gasteiger partial charge is 0.378 e. The molecule has 0 atom stereocenters. The maximum absolute atomic E-state index is 5.41. The van der Waals surface area contributed by atoms with Gasteiger partial charge in [-0.05, 0) is 6.42 Å². The Bertz CT molecular complexity index is 562. The first-order chi connectivity index (χ1) is 9.88. The number of ether oxygens (including phenoxy) is 1. The predicted molar refractivity (Wildman–Crippen MR) is 77.9 cm³/mol. The number of nitrogens with zero attached hydrogens (tertiary/aromatic N) is 4. The Morgan fingerprint density at radius 1 is 1.25 bits per heavy atom. The summed E-state index contributed by atoms with van der Waals surface area (Å²) in [5, 5.41) is 0. The second kappa shape index (κ2) is 6.17. The number of aromatic nitrogens is 4. The SMILES string of the molecule is CCCCCc1nc(N2CCOCC2)c2nc[nH]c2n1. The molecule has 0 radical (unpaired) electrons. The van der Waals surface area contributed by atoms with Crippen molar-refractivity contribution in [3.8, 4) is 0 Å². The number of nitrogens with one attached hydrogen (secondary N) is 1. The summed E-state index contributed by atoms with van der Waals surface area (Å²) in [6, 6.07) is 0. The third kappa shape index (κ3) is 2.75. The molecule has 0 aromatic carbocycles. The van der Waals surface area contributed by atoms with Crippen LogP contribution in [0.15, 0.2) is 6.33 Å². The van der Waals surface area contributed by atoms with Gasteiger partial charge in [-0.1, -0.05) is 19.8 Å². The molecule has 0 unspecified atom stereocenters. The number of aromatic amines is 1. The maximum Gasteiger partial charge on any atom is 0.163 e. The highest BCUT2D eigenvalue weighted by Gasteiger charge is 2.18. The molecular formula is C14H21N5O. The Labute approximate surface area is 118 Å². The average molecular weight is 275 g/mol. The zero-order chi connectivity index (χ0) is 13.8. The quantitative estimate of drug-likeness (QED) is 0.844. The van der Waals surface area contributed by atoms with Crippen LogP contribution >= 0.6 is 0 Å². The second-order valence-corrected chi connectivity index (χ2v) is 5.12. The molecule has 0 saturated carbocycles. The number of unbranched alkanes of at least 4 members (excludes halogenated alkanes) is 2. The van der Waals surface area contributed by atoms with Crippen molar-refractivity contribution in [1.82, 2.24) is 19.9 Å². The molecule has 2 aromatic rings. The van der Waals surface area contributed by atoms with E-state index in [1.54, 1.807) is 6.33 Å². The molecule has 108 valence electrons. The smallest absolute Gasteiger partial charge is 0.163 e. The predicted octanol–water partition coefficient (Wildman–Crippen LogP) is 1.92. The minimum Gasteiger partial charge on any atom is -0.378 e. The van der Waals surface area contributed by atoms with Crippen LogP contribution in [0, 0.1) is 0 Å². The summed E-state index contributed by atoms with van der Waals surface area (Å²) >= 11 is 0. The van der Waals surface area contributed by atoms with E-state index in [0.29, 0.717) is 0 Å². The van der Waals surface area contributed by atoms with E-state index in [-0.39, 0.29) is 0 Å². The fourth-order valence-electron chi connectivity index (χ4n) is 2.51. The van der Waals surface area contributed by atoms with E-state index in [4.69, 9.17) is 9.72 Å². The lowest BCUT2D eigenvalue weighted by Gasteiger charge is -2.28. The molecular weight excluding hydrogens is 254 g/mol. The summed E-state index contributed by atoms with van der Waals surface area (Å²) in [6.45, 7) is 5.45. The third-order valence-corrected chi connectivity index (χ3v) is 3.62. The summed E-state index contributed by atoms with van der Waals surface area (Å²) in [5.41, 5.74) is 1.71. The lowest BCUT2D eigenvalue weighted by Crippen LogP contribution is -2.37. The molecule has 6 nitrogen and oxygen atoms in total. The maximum atomic E-state index is 5.41. The monoisotopic (exact) mass is 275 g/mol. The number of H-pyrrole nitrogens is 1. The molecule has 6 heteroatoms. The zero-order valence-electron chi connectivity index (χ0n) is 11.9. The van der Waals surface area contributed by atoms with Crippen molar-refractivity contribution < 1.29 is 4.74 Å². The van der Waals surface area contributed by atoms with Crippen molar-refractivity contribution in [1.29, 1.82) is 0 Å². The molecule has 0 aliphatic carbocycles. The van der Waals surface area contributed by atoms with Gasteiger partial charge < -0.3 is 14.6 Å². The second-order valence-electron chi connectivity index (χ2n) is 5.12.